The Bertz CT molecular complexity index is 816. The van der Waals surface area contributed by atoms with Crippen LogP contribution in [0.15, 0.2) is 40.4 Å². The number of hydrogen-bond acceptors (Lipinski definition) is 7. The van der Waals surface area contributed by atoms with E-state index >= 15 is 0 Å². The van der Waals surface area contributed by atoms with E-state index in [1.54, 1.807) is 37.5 Å². The normalized spacial score (nSPS) is 10.6. The SMILES string of the molecule is CCc1noc(CN(C)C(=O)c2cccc(Oc3nccs3)c2)n1. The van der Waals surface area contributed by atoms with Crippen LogP contribution in [-0.4, -0.2) is 33.0 Å². The van der Waals surface area contributed by atoms with Crippen molar-refractivity contribution in [1.82, 2.24) is 20.0 Å². The van der Waals surface area contributed by atoms with E-state index in [-0.39, 0.29) is 12.5 Å². The van der Waals surface area contributed by atoms with E-state index in [4.69, 9.17) is 9.26 Å². The Labute approximate surface area is 142 Å². The van der Waals surface area contributed by atoms with Crippen LogP contribution in [0.3, 0.4) is 0 Å². The van der Waals surface area contributed by atoms with Crippen molar-refractivity contribution in [2.45, 2.75) is 19.9 Å². The Balaban J connectivity index is 1.69. The lowest BCUT2D eigenvalue weighted by Crippen LogP contribution is -2.26. The molecule has 8 heteroatoms. The summed E-state index contributed by atoms with van der Waals surface area (Å²) in [4.78, 5) is 22.3. The fourth-order valence-electron chi connectivity index (χ4n) is 2.05. The van der Waals surface area contributed by atoms with Crippen molar-refractivity contribution in [3.63, 3.8) is 0 Å². The van der Waals surface area contributed by atoms with Crippen LogP contribution in [-0.2, 0) is 13.0 Å². The van der Waals surface area contributed by atoms with Crippen molar-refractivity contribution in [3.8, 4) is 10.9 Å². The first-order chi connectivity index (χ1) is 11.7. The number of hydrogen-bond donors (Lipinski definition) is 0. The van der Waals surface area contributed by atoms with Gasteiger partial charge in [0.15, 0.2) is 5.82 Å². The maximum Gasteiger partial charge on any atom is 0.278 e. The van der Waals surface area contributed by atoms with Crippen LogP contribution in [0.25, 0.3) is 0 Å². The Morgan fingerprint density at radius 2 is 2.29 bits per heavy atom. The number of rotatable bonds is 6. The summed E-state index contributed by atoms with van der Waals surface area (Å²) in [5.41, 5.74) is 0.516. The summed E-state index contributed by atoms with van der Waals surface area (Å²) in [6.45, 7) is 2.20. The van der Waals surface area contributed by atoms with E-state index in [1.807, 2.05) is 12.3 Å². The first kappa shape index (κ1) is 16.1. The fourth-order valence-corrected chi connectivity index (χ4v) is 2.55. The van der Waals surface area contributed by atoms with Gasteiger partial charge in [-0.1, -0.05) is 29.5 Å². The summed E-state index contributed by atoms with van der Waals surface area (Å²) < 4.78 is 10.7. The molecule has 1 amide bonds. The van der Waals surface area contributed by atoms with Gasteiger partial charge in [-0.25, -0.2) is 4.98 Å². The van der Waals surface area contributed by atoms with Gasteiger partial charge in [-0.2, -0.15) is 4.98 Å². The third-order valence-electron chi connectivity index (χ3n) is 3.24. The number of carbonyl (C=O) groups is 1. The zero-order valence-electron chi connectivity index (χ0n) is 13.3. The van der Waals surface area contributed by atoms with Gasteiger partial charge >= 0.3 is 0 Å². The molecule has 24 heavy (non-hydrogen) atoms. The summed E-state index contributed by atoms with van der Waals surface area (Å²) in [6, 6.07) is 6.97. The first-order valence-electron chi connectivity index (χ1n) is 7.40. The third kappa shape index (κ3) is 3.77. The minimum atomic E-state index is -0.157. The predicted molar refractivity (Wildman–Crippen MR) is 88.1 cm³/mol. The van der Waals surface area contributed by atoms with Crippen molar-refractivity contribution < 1.29 is 14.1 Å². The molecular formula is C16H16N4O3S. The minimum Gasteiger partial charge on any atom is -0.431 e. The largest absolute Gasteiger partial charge is 0.431 e. The predicted octanol–water partition coefficient (Wildman–Crippen LogP) is 3.15. The van der Waals surface area contributed by atoms with Crippen molar-refractivity contribution in [3.05, 3.63) is 53.1 Å². The highest BCUT2D eigenvalue weighted by Crippen LogP contribution is 2.24. The van der Waals surface area contributed by atoms with E-state index in [9.17, 15) is 4.79 Å². The Morgan fingerprint density at radius 1 is 1.42 bits per heavy atom. The van der Waals surface area contributed by atoms with Gasteiger partial charge in [0.25, 0.3) is 11.1 Å². The number of amides is 1. The second-order valence-electron chi connectivity index (χ2n) is 5.05. The molecule has 1 aromatic carbocycles. The fraction of sp³-hybridized carbons (Fsp3) is 0.250. The van der Waals surface area contributed by atoms with Gasteiger partial charge in [-0.3, -0.25) is 4.79 Å². The molecule has 2 heterocycles. The highest BCUT2D eigenvalue weighted by molar-refractivity contribution is 7.11. The molecule has 3 rings (SSSR count). The summed E-state index contributed by atoms with van der Waals surface area (Å²) in [5, 5.41) is 6.19. The van der Waals surface area contributed by atoms with E-state index in [2.05, 4.69) is 15.1 Å². The van der Waals surface area contributed by atoms with Crippen LogP contribution >= 0.6 is 11.3 Å². The van der Waals surface area contributed by atoms with Crippen LogP contribution in [0, 0.1) is 0 Å². The van der Waals surface area contributed by atoms with Crippen LogP contribution in [0.2, 0.25) is 0 Å². The van der Waals surface area contributed by atoms with Crippen molar-refractivity contribution >= 4 is 17.2 Å². The van der Waals surface area contributed by atoms with E-state index in [0.29, 0.717) is 34.6 Å². The zero-order valence-corrected chi connectivity index (χ0v) is 14.1. The van der Waals surface area contributed by atoms with Crippen LogP contribution in [0.1, 0.15) is 29.0 Å². The Morgan fingerprint density at radius 3 is 3.00 bits per heavy atom. The molecule has 124 valence electrons. The molecule has 0 atom stereocenters. The summed E-state index contributed by atoms with van der Waals surface area (Å²) >= 11 is 1.39. The number of ether oxygens (including phenoxy) is 1. The van der Waals surface area contributed by atoms with Crippen LogP contribution in [0.5, 0.6) is 10.9 Å². The summed E-state index contributed by atoms with van der Waals surface area (Å²) in [6.07, 6.45) is 2.36. The molecule has 0 aliphatic rings. The van der Waals surface area contributed by atoms with Crippen molar-refractivity contribution in [2.75, 3.05) is 7.05 Å². The van der Waals surface area contributed by atoms with Crippen molar-refractivity contribution in [1.29, 1.82) is 0 Å². The maximum absolute atomic E-state index is 12.5. The number of nitrogens with zero attached hydrogens (tertiary/aromatic N) is 4. The lowest BCUT2D eigenvalue weighted by Gasteiger charge is -2.15. The monoisotopic (exact) mass is 344 g/mol. The van der Waals surface area contributed by atoms with Gasteiger partial charge in [0, 0.05) is 30.6 Å². The number of benzene rings is 1. The molecule has 0 radical (unpaired) electrons. The lowest BCUT2D eigenvalue weighted by atomic mass is 10.2. The number of carbonyl (C=O) groups excluding carboxylic acids is 1. The molecule has 0 bridgehead atoms. The van der Waals surface area contributed by atoms with E-state index in [0.717, 1.165) is 0 Å². The van der Waals surface area contributed by atoms with Gasteiger partial charge in [0.2, 0.25) is 5.89 Å². The molecular weight excluding hydrogens is 328 g/mol. The van der Waals surface area contributed by atoms with Gasteiger partial charge < -0.3 is 14.2 Å². The summed E-state index contributed by atoms with van der Waals surface area (Å²) in [7, 11) is 1.69. The molecule has 0 saturated heterocycles. The van der Waals surface area contributed by atoms with Crippen LogP contribution < -0.4 is 4.74 Å². The molecule has 0 fully saturated rings. The number of thiazole rings is 1. The Hall–Kier alpha value is -2.74. The molecule has 0 aliphatic carbocycles. The number of aromatic nitrogens is 3. The second-order valence-corrected chi connectivity index (χ2v) is 5.90. The molecule has 0 aliphatic heterocycles. The lowest BCUT2D eigenvalue weighted by molar-refractivity contribution is 0.0769. The average molecular weight is 344 g/mol. The highest BCUT2D eigenvalue weighted by atomic mass is 32.1. The summed E-state index contributed by atoms with van der Waals surface area (Å²) in [5.74, 6) is 1.45. The zero-order chi connectivity index (χ0) is 16.9. The minimum absolute atomic E-state index is 0.157. The first-order valence-corrected chi connectivity index (χ1v) is 8.28. The van der Waals surface area contributed by atoms with E-state index in [1.165, 1.54) is 16.2 Å². The standard InChI is InChI=1S/C16H16N4O3S/c1-3-13-18-14(23-19-13)10-20(2)15(21)11-5-4-6-12(9-11)22-16-17-7-8-24-16/h4-9H,3,10H2,1-2H3. The number of aryl methyl sites for hydroxylation is 1. The molecule has 0 N–H and O–H groups in total. The third-order valence-corrected chi connectivity index (χ3v) is 3.89. The van der Waals surface area contributed by atoms with Gasteiger partial charge in [-0.05, 0) is 18.2 Å². The van der Waals surface area contributed by atoms with Gasteiger partial charge in [0.1, 0.15) is 5.75 Å². The quantitative estimate of drug-likeness (QED) is 0.683. The topological polar surface area (TPSA) is 81.4 Å². The van der Waals surface area contributed by atoms with Gasteiger partial charge in [-0.15, -0.1) is 0 Å². The molecule has 7 nitrogen and oxygen atoms in total. The van der Waals surface area contributed by atoms with Crippen LogP contribution in [0.4, 0.5) is 0 Å². The molecule has 0 spiro atoms. The smallest absolute Gasteiger partial charge is 0.278 e. The molecule has 0 saturated carbocycles. The maximum atomic E-state index is 12.5. The molecule has 3 aromatic rings. The molecule has 0 unspecified atom stereocenters. The second kappa shape index (κ2) is 7.22. The molecule has 2 aromatic heterocycles. The van der Waals surface area contributed by atoms with E-state index < -0.39 is 0 Å². The highest BCUT2D eigenvalue weighted by Gasteiger charge is 2.16. The average Bonchev–Trinajstić information content (AvgIpc) is 3.26. The Kier molecular flexibility index (Phi) is 4.85. The van der Waals surface area contributed by atoms with Crippen molar-refractivity contribution in [2.24, 2.45) is 0 Å². The van der Waals surface area contributed by atoms with Gasteiger partial charge in [0.05, 0.1) is 6.54 Å².